The van der Waals surface area contributed by atoms with Gasteiger partial charge in [-0.3, -0.25) is 4.90 Å². The van der Waals surface area contributed by atoms with E-state index in [2.05, 4.69) is 56.9 Å². The third-order valence-electron chi connectivity index (χ3n) is 4.95. The zero-order valence-corrected chi connectivity index (χ0v) is 16.1. The molecule has 1 aromatic carbocycles. The number of hydrogen-bond donors (Lipinski definition) is 0. The summed E-state index contributed by atoms with van der Waals surface area (Å²) >= 11 is 0. The van der Waals surface area contributed by atoms with Crippen molar-refractivity contribution in [3.8, 4) is 0 Å². The second-order valence-corrected chi connectivity index (χ2v) is 9.96. The SMILES string of the molecule is CC1(C)OB(c2cccc(CN3CCSSCC3)c2)OC1(C)C. The number of nitrogens with zero attached hydrogens (tertiary/aromatic N) is 1. The van der Waals surface area contributed by atoms with Crippen LogP contribution in [-0.4, -0.2) is 47.8 Å². The first-order valence-corrected chi connectivity index (χ1v) is 10.8. The first-order valence-electron chi connectivity index (χ1n) is 8.29. The summed E-state index contributed by atoms with van der Waals surface area (Å²) in [5, 5.41) is 0. The Hall–Kier alpha value is -0.135. The molecule has 0 aromatic heterocycles. The van der Waals surface area contributed by atoms with E-state index < -0.39 is 0 Å². The molecule has 2 fully saturated rings. The maximum absolute atomic E-state index is 6.17. The Morgan fingerprint density at radius 3 is 2.26 bits per heavy atom. The van der Waals surface area contributed by atoms with Crippen LogP contribution in [0.4, 0.5) is 0 Å². The first-order chi connectivity index (χ1) is 10.9. The van der Waals surface area contributed by atoms with Crippen LogP contribution in [-0.2, 0) is 15.9 Å². The van der Waals surface area contributed by atoms with Gasteiger partial charge in [0.2, 0.25) is 0 Å². The molecule has 2 aliphatic heterocycles. The predicted octanol–water partition coefficient (Wildman–Crippen LogP) is 3.18. The average molecular weight is 351 g/mol. The van der Waals surface area contributed by atoms with Crippen molar-refractivity contribution in [1.29, 1.82) is 0 Å². The Balaban J connectivity index is 1.70. The quantitative estimate of drug-likeness (QED) is 0.614. The molecule has 2 aliphatic rings. The molecule has 0 atom stereocenters. The highest BCUT2D eigenvalue weighted by Gasteiger charge is 2.51. The molecule has 0 radical (unpaired) electrons. The minimum Gasteiger partial charge on any atom is -0.399 e. The second-order valence-electron chi connectivity index (χ2n) is 7.25. The van der Waals surface area contributed by atoms with Gasteiger partial charge in [0.05, 0.1) is 11.2 Å². The van der Waals surface area contributed by atoms with Crippen LogP contribution >= 0.6 is 21.6 Å². The highest BCUT2D eigenvalue weighted by molar-refractivity contribution is 8.76. The van der Waals surface area contributed by atoms with E-state index in [1.807, 2.05) is 21.6 Å². The van der Waals surface area contributed by atoms with Gasteiger partial charge in [0, 0.05) is 31.1 Å². The summed E-state index contributed by atoms with van der Waals surface area (Å²) in [6.07, 6.45) is 0. The number of rotatable bonds is 3. The molecule has 0 amide bonds. The standard InChI is InChI=1S/C17H26BNO2S2/c1-16(2)17(3,4)21-18(20-16)15-7-5-6-14(12-15)13-19-8-10-22-23-11-9-19/h5-7,12H,8-11,13H2,1-4H3. The Kier molecular flexibility index (Phi) is 5.38. The zero-order valence-electron chi connectivity index (χ0n) is 14.5. The molecule has 2 heterocycles. The molecule has 3 nitrogen and oxygen atoms in total. The van der Waals surface area contributed by atoms with Gasteiger partial charge in [0.25, 0.3) is 0 Å². The van der Waals surface area contributed by atoms with Crippen LogP contribution in [0.25, 0.3) is 0 Å². The van der Waals surface area contributed by atoms with Crippen LogP contribution in [0.2, 0.25) is 0 Å². The van der Waals surface area contributed by atoms with Crippen molar-refractivity contribution in [2.24, 2.45) is 0 Å². The van der Waals surface area contributed by atoms with Gasteiger partial charge in [-0.2, -0.15) is 0 Å². The number of hydrogen-bond acceptors (Lipinski definition) is 5. The van der Waals surface area contributed by atoms with Crippen LogP contribution < -0.4 is 5.46 Å². The molecule has 0 bridgehead atoms. The average Bonchev–Trinajstić information content (AvgIpc) is 2.67. The minimum absolute atomic E-state index is 0.268. The van der Waals surface area contributed by atoms with E-state index in [4.69, 9.17) is 9.31 Å². The molecule has 0 spiro atoms. The van der Waals surface area contributed by atoms with Crippen LogP contribution in [0.5, 0.6) is 0 Å². The lowest BCUT2D eigenvalue weighted by atomic mass is 9.78. The van der Waals surface area contributed by atoms with Gasteiger partial charge in [0.1, 0.15) is 0 Å². The van der Waals surface area contributed by atoms with E-state index in [0.29, 0.717) is 0 Å². The smallest absolute Gasteiger partial charge is 0.399 e. The Morgan fingerprint density at radius 2 is 1.65 bits per heavy atom. The van der Waals surface area contributed by atoms with Gasteiger partial charge in [0.15, 0.2) is 0 Å². The lowest BCUT2D eigenvalue weighted by molar-refractivity contribution is 0.00578. The second kappa shape index (κ2) is 7.00. The molecule has 0 unspecified atom stereocenters. The fourth-order valence-electron chi connectivity index (χ4n) is 2.80. The van der Waals surface area contributed by atoms with Crippen LogP contribution in [0.15, 0.2) is 24.3 Å². The highest BCUT2D eigenvalue weighted by atomic mass is 33.1. The van der Waals surface area contributed by atoms with E-state index in [1.54, 1.807) is 0 Å². The molecule has 6 heteroatoms. The highest BCUT2D eigenvalue weighted by Crippen LogP contribution is 2.36. The topological polar surface area (TPSA) is 21.7 Å². The van der Waals surface area contributed by atoms with E-state index >= 15 is 0 Å². The van der Waals surface area contributed by atoms with E-state index in [9.17, 15) is 0 Å². The van der Waals surface area contributed by atoms with Gasteiger partial charge in [-0.25, -0.2) is 0 Å². The molecule has 0 saturated carbocycles. The molecule has 23 heavy (non-hydrogen) atoms. The van der Waals surface area contributed by atoms with E-state index in [-0.39, 0.29) is 18.3 Å². The normalized spacial score (nSPS) is 24.6. The molecule has 3 rings (SSSR count). The predicted molar refractivity (Wildman–Crippen MR) is 102 cm³/mol. The Bertz CT molecular complexity index is 529. The van der Waals surface area contributed by atoms with Gasteiger partial charge in [-0.15, -0.1) is 0 Å². The molecule has 0 N–H and O–H groups in total. The minimum atomic E-state index is -0.285. The summed E-state index contributed by atoms with van der Waals surface area (Å²) in [4.78, 5) is 2.54. The van der Waals surface area contributed by atoms with Gasteiger partial charge in [-0.05, 0) is 38.7 Å². The molecule has 2 saturated heterocycles. The van der Waals surface area contributed by atoms with E-state index in [1.165, 1.54) is 30.2 Å². The third kappa shape index (κ3) is 4.10. The van der Waals surface area contributed by atoms with Crippen LogP contribution in [0, 0.1) is 0 Å². The van der Waals surface area contributed by atoms with Crippen molar-refractivity contribution < 1.29 is 9.31 Å². The molecule has 1 aromatic rings. The summed E-state index contributed by atoms with van der Waals surface area (Å²) in [5.41, 5.74) is 1.90. The third-order valence-corrected chi connectivity index (χ3v) is 7.31. The first kappa shape index (κ1) is 17.7. The van der Waals surface area contributed by atoms with Crippen molar-refractivity contribution in [1.82, 2.24) is 4.90 Å². The van der Waals surface area contributed by atoms with Crippen LogP contribution in [0.1, 0.15) is 33.3 Å². The zero-order chi connectivity index (χ0) is 16.5. The molecule has 0 aliphatic carbocycles. The van der Waals surface area contributed by atoms with Crippen molar-refractivity contribution in [2.45, 2.75) is 45.4 Å². The molecule has 126 valence electrons. The van der Waals surface area contributed by atoms with Crippen molar-refractivity contribution >= 4 is 34.2 Å². The number of benzene rings is 1. The Labute approximate surface area is 148 Å². The molecular weight excluding hydrogens is 325 g/mol. The van der Waals surface area contributed by atoms with Gasteiger partial charge >= 0.3 is 7.12 Å². The summed E-state index contributed by atoms with van der Waals surface area (Å²) in [5.74, 6) is 2.42. The van der Waals surface area contributed by atoms with Crippen LogP contribution in [0.3, 0.4) is 0 Å². The van der Waals surface area contributed by atoms with Gasteiger partial charge < -0.3 is 9.31 Å². The summed E-state index contributed by atoms with van der Waals surface area (Å²) in [6.45, 7) is 11.7. The maximum atomic E-state index is 6.17. The largest absolute Gasteiger partial charge is 0.494 e. The molecular formula is C17H26BNO2S2. The monoisotopic (exact) mass is 351 g/mol. The summed E-state index contributed by atoms with van der Waals surface area (Å²) in [6, 6.07) is 8.68. The fourth-order valence-corrected chi connectivity index (χ4v) is 4.85. The Morgan fingerprint density at radius 1 is 1.04 bits per heavy atom. The summed E-state index contributed by atoms with van der Waals surface area (Å²) < 4.78 is 12.3. The van der Waals surface area contributed by atoms with Crippen molar-refractivity contribution in [3.05, 3.63) is 29.8 Å². The fraction of sp³-hybridized carbons (Fsp3) is 0.647. The lowest BCUT2D eigenvalue weighted by Gasteiger charge is -2.32. The summed E-state index contributed by atoms with van der Waals surface area (Å²) in [7, 11) is 3.71. The maximum Gasteiger partial charge on any atom is 0.494 e. The lowest BCUT2D eigenvalue weighted by Crippen LogP contribution is -2.41. The van der Waals surface area contributed by atoms with Crippen molar-refractivity contribution in [2.75, 3.05) is 24.6 Å². The van der Waals surface area contributed by atoms with E-state index in [0.717, 1.165) is 12.0 Å². The van der Waals surface area contributed by atoms with Crippen molar-refractivity contribution in [3.63, 3.8) is 0 Å². The van der Waals surface area contributed by atoms with Gasteiger partial charge in [-0.1, -0.05) is 45.9 Å².